The van der Waals surface area contributed by atoms with Gasteiger partial charge in [0.15, 0.2) is 0 Å². The lowest BCUT2D eigenvalue weighted by molar-refractivity contribution is 0.223. The van der Waals surface area contributed by atoms with E-state index in [0.29, 0.717) is 0 Å². The summed E-state index contributed by atoms with van der Waals surface area (Å²) in [6.45, 7) is 15.8. The lowest BCUT2D eigenvalue weighted by Crippen LogP contribution is -2.19. The molecular weight excluding hydrogens is 192 g/mol. The number of hydrogen-bond acceptors (Lipinski definition) is 0. The molecule has 102 valence electrons. The van der Waals surface area contributed by atoms with Gasteiger partial charge in [-0.25, -0.2) is 0 Å². The Morgan fingerprint density at radius 2 is 1.19 bits per heavy atom. The molecule has 0 aliphatic heterocycles. The summed E-state index contributed by atoms with van der Waals surface area (Å²) in [5, 5.41) is 0. The molecule has 0 aliphatic carbocycles. The standard InChI is InChI=1S/C13H28.C2H6.CH4/c1-6-9-10-13(11(4)7-2)12(5)8-3;1-2;/h11-13H,6-10H2,1-5H3;1-2H3;1H4. The first-order chi connectivity index (χ1) is 7.17. The summed E-state index contributed by atoms with van der Waals surface area (Å²) < 4.78 is 0. The molecule has 0 N–H and O–H groups in total. The van der Waals surface area contributed by atoms with Crippen LogP contribution < -0.4 is 0 Å². The average molecular weight is 230 g/mol. The third-order valence-electron chi connectivity index (χ3n) is 3.64. The minimum atomic E-state index is 0. The summed E-state index contributed by atoms with van der Waals surface area (Å²) in [6.07, 6.45) is 6.90. The molecule has 16 heavy (non-hydrogen) atoms. The van der Waals surface area contributed by atoms with Crippen LogP contribution in [0, 0.1) is 17.8 Å². The van der Waals surface area contributed by atoms with Crippen molar-refractivity contribution in [3.63, 3.8) is 0 Å². The predicted molar refractivity (Wildman–Crippen MR) is 80.0 cm³/mol. The lowest BCUT2D eigenvalue weighted by atomic mass is 9.78. The molecule has 0 heteroatoms. The molecule has 0 aliphatic rings. The van der Waals surface area contributed by atoms with Gasteiger partial charge in [0, 0.05) is 0 Å². The predicted octanol–water partition coefficient (Wildman–Crippen LogP) is 6.55. The number of rotatable bonds is 7. The summed E-state index contributed by atoms with van der Waals surface area (Å²) in [5.74, 6) is 2.80. The molecule has 2 unspecified atom stereocenters. The molecular formula is C16H38. The Balaban J connectivity index is -0.000000529. The first kappa shape index (κ1) is 21.3. The van der Waals surface area contributed by atoms with Crippen LogP contribution in [0.25, 0.3) is 0 Å². The third-order valence-corrected chi connectivity index (χ3v) is 3.64. The van der Waals surface area contributed by atoms with Crippen LogP contribution in [-0.4, -0.2) is 0 Å². The van der Waals surface area contributed by atoms with Crippen LogP contribution in [0.1, 0.15) is 88.0 Å². The lowest BCUT2D eigenvalue weighted by Gasteiger charge is -2.28. The van der Waals surface area contributed by atoms with E-state index in [2.05, 4.69) is 34.6 Å². The summed E-state index contributed by atoms with van der Waals surface area (Å²) >= 11 is 0. The van der Waals surface area contributed by atoms with E-state index in [9.17, 15) is 0 Å². The second-order valence-corrected chi connectivity index (χ2v) is 4.58. The van der Waals surface area contributed by atoms with Gasteiger partial charge in [-0.3, -0.25) is 0 Å². The number of hydrogen-bond donors (Lipinski definition) is 0. The molecule has 0 aromatic carbocycles. The highest BCUT2D eigenvalue weighted by Gasteiger charge is 2.20. The quantitative estimate of drug-likeness (QED) is 0.465. The topological polar surface area (TPSA) is 0 Å². The van der Waals surface area contributed by atoms with Crippen molar-refractivity contribution in [2.75, 3.05) is 0 Å². The van der Waals surface area contributed by atoms with Crippen LogP contribution in [-0.2, 0) is 0 Å². The van der Waals surface area contributed by atoms with Crippen molar-refractivity contribution in [1.82, 2.24) is 0 Å². The van der Waals surface area contributed by atoms with Crippen molar-refractivity contribution in [3.05, 3.63) is 0 Å². The van der Waals surface area contributed by atoms with Crippen LogP contribution in [0.2, 0.25) is 0 Å². The van der Waals surface area contributed by atoms with E-state index in [0.717, 1.165) is 17.8 Å². The summed E-state index contributed by atoms with van der Waals surface area (Å²) in [4.78, 5) is 0. The Hall–Kier alpha value is 0. The average Bonchev–Trinajstić information content (AvgIpc) is 2.31. The van der Waals surface area contributed by atoms with E-state index in [1.165, 1.54) is 32.1 Å². The first-order valence-corrected chi connectivity index (χ1v) is 7.17. The second kappa shape index (κ2) is 15.0. The highest BCUT2D eigenvalue weighted by molar-refractivity contribution is 4.70. The molecule has 2 atom stereocenters. The van der Waals surface area contributed by atoms with E-state index in [4.69, 9.17) is 0 Å². The largest absolute Gasteiger partial charge is 0.0776 e. The van der Waals surface area contributed by atoms with E-state index < -0.39 is 0 Å². The van der Waals surface area contributed by atoms with Gasteiger partial charge in [0.05, 0.1) is 0 Å². The van der Waals surface area contributed by atoms with E-state index in [1.807, 2.05) is 13.8 Å². The monoisotopic (exact) mass is 230 g/mol. The van der Waals surface area contributed by atoms with Gasteiger partial charge in [-0.1, -0.05) is 81.6 Å². The van der Waals surface area contributed by atoms with E-state index in [-0.39, 0.29) is 7.43 Å². The molecule has 0 saturated heterocycles. The number of unbranched alkanes of at least 4 members (excludes halogenated alkanes) is 1. The third kappa shape index (κ3) is 9.24. The fourth-order valence-electron chi connectivity index (χ4n) is 2.18. The van der Waals surface area contributed by atoms with Gasteiger partial charge in [0.25, 0.3) is 0 Å². The van der Waals surface area contributed by atoms with Gasteiger partial charge in [0.2, 0.25) is 0 Å². The zero-order chi connectivity index (χ0) is 12.3. The van der Waals surface area contributed by atoms with E-state index in [1.54, 1.807) is 0 Å². The fourth-order valence-corrected chi connectivity index (χ4v) is 2.18. The smallest absolute Gasteiger partial charge is 0.0363 e. The molecule has 0 heterocycles. The van der Waals surface area contributed by atoms with Crippen molar-refractivity contribution in [3.8, 4) is 0 Å². The molecule has 0 radical (unpaired) electrons. The molecule has 0 nitrogen and oxygen atoms in total. The zero-order valence-corrected chi connectivity index (χ0v) is 12.3. The van der Waals surface area contributed by atoms with Crippen LogP contribution in [0.3, 0.4) is 0 Å². The molecule has 0 aromatic rings. The van der Waals surface area contributed by atoms with Crippen LogP contribution >= 0.6 is 0 Å². The molecule has 0 fully saturated rings. The fraction of sp³-hybridized carbons (Fsp3) is 1.00. The zero-order valence-electron chi connectivity index (χ0n) is 12.3. The van der Waals surface area contributed by atoms with Crippen molar-refractivity contribution < 1.29 is 0 Å². The minimum Gasteiger partial charge on any atom is -0.0776 e. The van der Waals surface area contributed by atoms with Crippen molar-refractivity contribution in [1.29, 1.82) is 0 Å². The Morgan fingerprint density at radius 1 is 0.812 bits per heavy atom. The Labute approximate surface area is 106 Å². The summed E-state index contributed by atoms with van der Waals surface area (Å²) in [7, 11) is 0. The van der Waals surface area contributed by atoms with Gasteiger partial charge in [-0.2, -0.15) is 0 Å². The van der Waals surface area contributed by atoms with Gasteiger partial charge in [0.1, 0.15) is 0 Å². The minimum absolute atomic E-state index is 0. The molecule has 0 spiro atoms. The molecule has 0 amide bonds. The Kier molecular flexibility index (Phi) is 20.0. The van der Waals surface area contributed by atoms with Crippen molar-refractivity contribution >= 4 is 0 Å². The van der Waals surface area contributed by atoms with Gasteiger partial charge < -0.3 is 0 Å². The summed E-state index contributed by atoms with van der Waals surface area (Å²) in [6, 6.07) is 0. The molecule has 0 aromatic heterocycles. The maximum atomic E-state index is 2.42. The maximum absolute atomic E-state index is 2.42. The van der Waals surface area contributed by atoms with Gasteiger partial charge in [-0.15, -0.1) is 0 Å². The van der Waals surface area contributed by atoms with E-state index >= 15 is 0 Å². The van der Waals surface area contributed by atoms with Crippen molar-refractivity contribution in [2.45, 2.75) is 88.0 Å². The highest BCUT2D eigenvalue weighted by atomic mass is 14.3. The van der Waals surface area contributed by atoms with Crippen molar-refractivity contribution in [2.24, 2.45) is 17.8 Å². The maximum Gasteiger partial charge on any atom is -0.0363 e. The molecule has 0 saturated carbocycles. The van der Waals surface area contributed by atoms with Crippen LogP contribution in [0.5, 0.6) is 0 Å². The Bertz CT molecular complexity index is 96.6. The summed E-state index contributed by atoms with van der Waals surface area (Å²) in [5.41, 5.74) is 0. The Morgan fingerprint density at radius 3 is 1.44 bits per heavy atom. The first-order valence-electron chi connectivity index (χ1n) is 7.17. The van der Waals surface area contributed by atoms with Crippen LogP contribution in [0.4, 0.5) is 0 Å². The van der Waals surface area contributed by atoms with Crippen LogP contribution in [0.15, 0.2) is 0 Å². The second-order valence-electron chi connectivity index (χ2n) is 4.58. The SMILES string of the molecule is C.CC.CCCCC(C(C)CC)C(C)CC. The molecule has 0 bridgehead atoms. The molecule has 0 rings (SSSR count). The van der Waals surface area contributed by atoms with Gasteiger partial charge in [-0.05, 0) is 24.2 Å². The highest BCUT2D eigenvalue weighted by Crippen LogP contribution is 2.30. The normalized spacial score (nSPS) is 15.2. The van der Waals surface area contributed by atoms with Gasteiger partial charge >= 0.3 is 0 Å².